The van der Waals surface area contributed by atoms with Crippen molar-refractivity contribution in [3.8, 4) is 0 Å². The van der Waals surface area contributed by atoms with Crippen LogP contribution in [0.1, 0.15) is 155 Å². The van der Waals surface area contributed by atoms with Crippen LogP contribution in [0.2, 0.25) is 0 Å². The van der Waals surface area contributed by atoms with Gasteiger partial charge in [-0.3, -0.25) is 43.2 Å². The second-order valence-corrected chi connectivity index (χ2v) is 18.1. The molecule has 0 aliphatic rings. The van der Waals surface area contributed by atoms with Crippen molar-refractivity contribution in [2.24, 2.45) is 11.8 Å². The number of aliphatic carboxylic acids is 4. The molecular weight excluding hydrogens is 975 g/mol. The summed E-state index contributed by atoms with van der Waals surface area (Å²) in [5.41, 5.74) is 0. The van der Waals surface area contributed by atoms with E-state index in [-0.39, 0.29) is 128 Å². The van der Waals surface area contributed by atoms with Crippen molar-refractivity contribution in [1.82, 2.24) is 26.6 Å². The summed E-state index contributed by atoms with van der Waals surface area (Å²) in [6, 6.07) is -2.56. The van der Waals surface area contributed by atoms with Gasteiger partial charge in [0.2, 0.25) is 29.5 Å². The molecule has 0 fully saturated rings. The lowest BCUT2D eigenvalue weighted by molar-refractivity contribution is -0.145. The molecule has 24 heteroatoms. The SMILES string of the molecule is CC(=O)[C@@H](C)CCCCNC(=O)CC[C@H](NC(=O)CC[C@H](CC(=O)COCCOCCNC(=O)COCCOCCNC(=O)CC[C@H](NC(=O)CCCCCCCCCCCCC(=O)O)C(=O)O)C(=O)O)C(=O)O. The van der Waals surface area contributed by atoms with Crippen LogP contribution in [0.4, 0.5) is 0 Å². The Labute approximate surface area is 434 Å². The highest BCUT2D eigenvalue weighted by atomic mass is 16.5. The number of unbranched alkanes of at least 4 members (excludes halogenated alkanes) is 10. The van der Waals surface area contributed by atoms with Gasteiger partial charge in [-0.15, -0.1) is 0 Å². The number of carboxylic acid groups (broad SMARTS) is 4. The number of ether oxygens (including phenoxy) is 4. The molecule has 0 aliphatic heterocycles. The number of rotatable bonds is 51. The standard InChI is InChI=1S/C50H85N5O19/c1-36(37(2)56)15-13-14-24-51-42(58)22-19-41(50(69)70)55-45(61)21-18-38(48(65)66)33-39(57)34-73-31-29-72-28-26-53-46(62)35-74-32-30-71-27-25-52-43(59)23-20-40(49(67)68)54-44(60)16-11-9-7-5-3-4-6-8-10-12-17-47(63)64/h36,38,40-41H,3-35H2,1-2H3,(H,51,58)(H,52,59)(H,53,62)(H,54,60)(H,55,61)(H,63,64)(H,65,66)(H,67,68)(H,69,70)/t36-,38+,40-,41-/m0/s1. The molecule has 0 heterocycles. The molecule has 0 aromatic carbocycles. The molecule has 0 unspecified atom stereocenters. The summed E-state index contributed by atoms with van der Waals surface area (Å²) < 4.78 is 21.2. The average molecular weight is 1060 g/mol. The number of hydrogen-bond acceptors (Lipinski definition) is 15. The van der Waals surface area contributed by atoms with E-state index in [9.17, 15) is 68.1 Å². The summed E-state index contributed by atoms with van der Waals surface area (Å²) >= 11 is 0. The van der Waals surface area contributed by atoms with Crippen molar-refractivity contribution in [3.63, 3.8) is 0 Å². The van der Waals surface area contributed by atoms with Gasteiger partial charge in [0.25, 0.3) is 0 Å². The predicted molar refractivity (Wildman–Crippen MR) is 267 cm³/mol. The molecule has 74 heavy (non-hydrogen) atoms. The van der Waals surface area contributed by atoms with Gasteiger partial charge >= 0.3 is 23.9 Å². The van der Waals surface area contributed by atoms with Gasteiger partial charge in [0.1, 0.15) is 31.1 Å². The first-order valence-electron chi connectivity index (χ1n) is 25.9. The van der Waals surface area contributed by atoms with E-state index in [2.05, 4.69) is 26.6 Å². The summed E-state index contributed by atoms with van der Waals surface area (Å²) in [7, 11) is 0. The van der Waals surface area contributed by atoms with E-state index in [0.717, 1.165) is 57.8 Å². The van der Waals surface area contributed by atoms with E-state index in [0.29, 0.717) is 32.2 Å². The predicted octanol–water partition coefficient (Wildman–Crippen LogP) is 2.70. The minimum Gasteiger partial charge on any atom is -0.481 e. The fourth-order valence-corrected chi connectivity index (χ4v) is 7.08. The highest BCUT2D eigenvalue weighted by Gasteiger charge is 2.26. The van der Waals surface area contributed by atoms with Gasteiger partial charge in [-0.1, -0.05) is 64.7 Å². The normalized spacial score (nSPS) is 12.6. The van der Waals surface area contributed by atoms with Crippen molar-refractivity contribution < 1.29 is 92.1 Å². The van der Waals surface area contributed by atoms with Crippen LogP contribution in [0.25, 0.3) is 0 Å². The molecule has 0 saturated heterocycles. The van der Waals surface area contributed by atoms with Gasteiger partial charge in [0, 0.05) is 64.1 Å². The Morgan fingerprint density at radius 1 is 0.405 bits per heavy atom. The Morgan fingerprint density at radius 2 is 0.838 bits per heavy atom. The highest BCUT2D eigenvalue weighted by molar-refractivity contribution is 5.87. The number of carbonyl (C=O) groups is 11. The number of carbonyl (C=O) groups excluding carboxylic acids is 7. The van der Waals surface area contributed by atoms with Crippen LogP contribution in [-0.4, -0.2) is 170 Å². The molecule has 0 spiro atoms. The van der Waals surface area contributed by atoms with Gasteiger partial charge in [-0.05, 0) is 51.9 Å². The molecule has 424 valence electrons. The molecule has 0 aromatic rings. The summed E-state index contributed by atoms with van der Waals surface area (Å²) in [5, 5.41) is 49.9. The number of nitrogens with one attached hydrogen (secondary N) is 5. The average Bonchev–Trinajstić information content (AvgIpc) is 3.34. The third kappa shape index (κ3) is 41.8. The lowest BCUT2D eigenvalue weighted by atomic mass is 9.97. The third-order valence-corrected chi connectivity index (χ3v) is 11.6. The van der Waals surface area contributed by atoms with E-state index < -0.39 is 84.3 Å². The monoisotopic (exact) mass is 1060 g/mol. The fraction of sp³-hybridized carbons (Fsp3) is 0.780. The zero-order chi connectivity index (χ0) is 55.4. The quantitative estimate of drug-likeness (QED) is 0.0395. The van der Waals surface area contributed by atoms with Crippen LogP contribution < -0.4 is 26.6 Å². The summed E-state index contributed by atoms with van der Waals surface area (Å²) in [5.74, 6) is -8.70. The molecule has 0 radical (unpaired) electrons. The van der Waals surface area contributed by atoms with E-state index in [1.807, 2.05) is 6.92 Å². The fourth-order valence-electron chi connectivity index (χ4n) is 7.08. The molecule has 0 aliphatic carbocycles. The topological polar surface area (TPSA) is 366 Å². The molecular formula is C50H85N5O19. The molecule has 5 amide bonds. The largest absolute Gasteiger partial charge is 0.481 e. The maximum atomic E-state index is 12.5. The van der Waals surface area contributed by atoms with Crippen LogP contribution in [-0.2, 0) is 71.7 Å². The Morgan fingerprint density at radius 3 is 1.32 bits per heavy atom. The van der Waals surface area contributed by atoms with Crippen molar-refractivity contribution in [2.45, 2.75) is 167 Å². The van der Waals surface area contributed by atoms with Crippen LogP contribution in [0.3, 0.4) is 0 Å². The minimum absolute atomic E-state index is 0.00190. The first-order chi connectivity index (χ1) is 35.3. The lowest BCUT2D eigenvalue weighted by Gasteiger charge is -2.16. The summed E-state index contributed by atoms with van der Waals surface area (Å²) in [4.78, 5) is 130. The van der Waals surface area contributed by atoms with E-state index in [1.165, 1.54) is 6.92 Å². The van der Waals surface area contributed by atoms with Crippen LogP contribution in [0.5, 0.6) is 0 Å². The van der Waals surface area contributed by atoms with E-state index >= 15 is 0 Å². The highest BCUT2D eigenvalue weighted by Crippen LogP contribution is 2.15. The second-order valence-electron chi connectivity index (χ2n) is 18.1. The number of hydrogen-bond donors (Lipinski definition) is 9. The van der Waals surface area contributed by atoms with Crippen molar-refractivity contribution in [2.75, 3.05) is 72.5 Å². The molecule has 9 N–H and O–H groups in total. The Hall–Kier alpha value is -5.59. The van der Waals surface area contributed by atoms with Crippen LogP contribution in [0, 0.1) is 11.8 Å². The molecule has 0 bridgehead atoms. The van der Waals surface area contributed by atoms with Crippen molar-refractivity contribution in [1.29, 1.82) is 0 Å². The maximum Gasteiger partial charge on any atom is 0.326 e. The second kappa shape index (κ2) is 44.9. The Balaban J connectivity index is 3.99. The molecule has 0 saturated carbocycles. The number of carboxylic acids is 4. The molecule has 24 nitrogen and oxygen atoms in total. The smallest absolute Gasteiger partial charge is 0.326 e. The third-order valence-electron chi connectivity index (χ3n) is 11.6. The number of ketones is 2. The van der Waals surface area contributed by atoms with Gasteiger partial charge < -0.3 is 66.0 Å². The lowest BCUT2D eigenvalue weighted by Crippen LogP contribution is -2.42. The van der Waals surface area contributed by atoms with Crippen molar-refractivity contribution in [3.05, 3.63) is 0 Å². The molecule has 0 aromatic heterocycles. The Bertz CT molecular complexity index is 1700. The summed E-state index contributed by atoms with van der Waals surface area (Å²) in [6.07, 6.45) is 10.4. The molecule has 0 rings (SSSR count). The van der Waals surface area contributed by atoms with Gasteiger partial charge in [-0.25, -0.2) is 9.59 Å². The number of amides is 5. The minimum atomic E-state index is -1.38. The van der Waals surface area contributed by atoms with Gasteiger partial charge in [0.05, 0.1) is 45.6 Å². The Kier molecular flexibility index (Phi) is 41.5. The summed E-state index contributed by atoms with van der Waals surface area (Å²) in [6.45, 7) is 3.94. The zero-order valence-corrected chi connectivity index (χ0v) is 43.6. The van der Waals surface area contributed by atoms with Crippen LogP contribution in [0.15, 0.2) is 0 Å². The number of Topliss-reactive ketones (excluding diaryl/α,β-unsaturated/α-hetero) is 2. The van der Waals surface area contributed by atoms with E-state index in [4.69, 9.17) is 24.1 Å². The first kappa shape index (κ1) is 68.4. The van der Waals surface area contributed by atoms with Gasteiger partial charge in [0.15, 0.2) is 5.78 Å². The zero-order valence-electron chi connectivity index (χ0n) is 43.6. The first-order valence-corrected chi connectivity index (χ1v) is 25.9. The van der Waals surface area contributed by atoms with Crippen LogP contribution >= 0.6 is 0 Å². The molecule has 4 atom stereocenters. The van der Waals surface area contributed by atoms with Crippen molar-refractivity contribution >= 4 is 65.0 Å². The van der Waals surface area contributed by atoms with Gasteiger partial charge in [-0.2, -0.15) is 0 Å². The maximum absolute atomic E-state index is 12.5. The van der Waals surface area contributed by atoms with E-state index in [1.54, 1.807) is 0 Å².